The number of carbonyl (C=O) groups is 3. The molecule has 10 heteroatoms. The molecule has 9 nitrogen and oxygen atoms in total. The third-order valence-electron chi connectivity index (χ3n) is 4.54. The van der Waals surface area contributed by atoms with Crippen molar-refractivity contribution in [1.29, 1.82) is 0 Å². The van der Waals surface area contributed by atoms with E-state index in [1.54, 1.807) is 18.2 Å². The third kappa shape index (κ3) is 3.44. The smallest absolute Gasteiger partial charge is 0.282 e. The van der Waals surface area contributed by atoms with Gasteiger partial charge in [0, 0.05) is 22.7 Å². The molecule has 0 saturated carbocycles. The first kappa shape index (κ1) is 19.4. The van der Waals surface area contributed by atoms with Crippen molar-refractivity contribution in [3.05, 3.63) is 74.1 Å². The van der Waals surface area contributed by atoms with E-state index in [1.807, 2.05) is 18.4 Å². The SMILES string of the molecule is Cc1nc(-c2cccc(NC(=O)CN3C(=O)c4cccc([N+](=O)[O-])c4C3=O)c2)cs1. The Kier molecular flexibility index (Phi) is 4.84. The number of carbonyl (C=O) groups excluding carboxylic acids is 3. The normalized spacial score (nSPS) is 12.8. The highest BCUT2D eigenvalue weighted by Crippen LogP contribution is 2.30. The van der Waals surface area contributed by atoms with Gasteiger partial charge < -0.3 is 5.32 Å². The number of aryl methyl sites for hydroxylation is 1. The van der Waals surface area contributed by atoms with Crippen molar-refractivity contribution in [2.75, 3.05) is 11.9 Å². The molecular weight excluding hydrogens is 408 g/mol. The Morgan fingerprint density at radius 2 is 1.97 bits per heavy atom. The number of fused-ring (bicyclic) bond motifs is 1. The Balaban J connectivity index is 1.51. The predicted molar refractivity (Wildman–Crippen MR) is 109 cm³/mol. The number of imide groups is 1. The van der Waals surface area contributed by atoms with Crippen molar-refractivity contribution in [1.82, 2.24) is 9.88 Å². The van der Waals surface area contributed by atoms with Gasteiger partial charge in [0.2, 0.25) is 5.91 Å². The van der Waals surface area contributed by atoms with E-state index in [0.29, 0.717) is 10.6 Å². The van der Waals surface area contributed by atoms with Gasteiger partial charge in [0.15, 0.2) is 0 Å². The van der Waals surface area contributed by atoms with Gasteiger partial charge in [-0.05, 0) is 25.1 Å². The Hall–Kier alpha value is -3.92. The zero-order chi connectivity index (χ0) is 21.4. The van der Waals surface area contributed by atoms with E-state index in [-0.39, 0.29) is 11.1 Å². The lowest BCUT2D eigenvalue weighted by Gasteiger charge is -2.14. The topological polar surface area (TPSA) is 123 Å². The number of amides is 3. The van der Waals surface area contributed by atoms with Crippen molar-refractivity contribution in [3.63, 3.8) is 0 Å². The van der Waals surface area contributed by atoms with Crippen LogP contribution in [0.1, 0.15) is 25.7 Å². The van der Waals surface area contributed by atoms with Crippen LogP contribution in [0.3, 0.4) is 0 Å². The number of rotatable bonds is 5. The van der Waals surface area contributed by atoms with E-state index >= 15 is 0 Å². The fourth-order valence-corrected chi connectivity index (χ4v) is 3.83. The van der Waals surface area contributed by atoms with Gasteiger partial charge in [0.05, 0.1) is 21.2 Å². The average Bonchev–Trinajstić information content (AvgIpc) is 3.25. The molecule has 0 unspecified atom stereocenters. The van der Waals surface area contributed by atoms with Crippen molar-refractivity contribution < 1.29 is 19.3 Å². The van der Waals surface area contributed by atoms with E-state index in [1.165, 1.54) is 23.5 Å². The fraction of sp³-hybridized carbons (Fsp3) is 0.100. The minimum absolute atomic E-state index is 0.0806. The molecule has 1 aliphatic rings. The maximum atomic E-state index is 12.6. The summed E-state index contributed by atoms with van der Waals surface area (Å²) in [5.74, 6) is -2.19. The minimum atomic E-state index is -0.857. The van der Waals surface area contributed by atoms with Gasteiger partial charge in [-0.25, -0.2) is 4.98 Å². The summed E-state index contributed by atoms with van der Waals surface area (Å²) >= 11 is 1.51. The molecule has 0 atom stereocenters. The van der Waals surface area contributed by atoms with Crippen LogP contribution < -0.4 is 5.32 Å². The van der Waals surface area contributed by atoms with Crippen LogP contribution in [-0.2, 0) is 4.79 Å². The van der Waals surface area contributed by atoms with E-state index in [2.05, 4.69) is 10.3 Å². The van der Waals surface area contributed by atoms with Crippen LogP contribution in [-0.4, -0.2) is 39.1 Å². The van der Waals surface area contributed by atoms with Crippen LogP contribution >= 0.6 is 11.3 Å². The van der Waals surface area contributed by atoms with Gasteiger partial charge in [-0.2, -0.15) is 0 Å². The summed E-state index contributed by atoms with van der Waals surface area (Å²) in [7, 11) is 0. The standard InChI is InChI=1S/C20H14N4O5S/c1-11-21-15(10-30-11)12-4-2-5-13(8-12)22-17(25)9-23-19(26)14-6-3-7-16(24(28)29)18(14)20(23)27/h2-8,10H,9H2,1H3,(H,22,25). The highest BCUT2D eigenvalue weighted by Gasteiger charge is 2.41. The molecule has 4 rings (SSSR count). The molecule has 3 amide bonds. The van der Waals surface area contributed by atoms with Gasteiger partial charge in [-0.15, -0.1) is 11.3 Å². The van der Waals surface area contributed by atoms with E-state index in [4.69, 9.17) is 0 Å². The lowest BCUT2D eigenvalue weighted by atomic mass is 10.1. The summed E-state index contributed by atoms with van der Waals surface area (Å²) in [6, 6.07) is 10.8. The Bertz CT molecular complexity index is 1220. The number of nitro groups is 1. The summed E-state index contributed by atoms with van der Waals surface area (Å²) in [5, 5.41) is 16.6. The molecule has 1 N–H and O–H groups in total. The molecule has 0 radical (unpaired) electrons. The van der Waals surface area contributed by atoms with E-state index in [9.17, 15) is 24.5 Å². The lowest BCUT2D eigenvalue weighted by Crippen LogP contribution is -2.37. The van der Waals surface area contributed by atoms with Gasteiger partial charge in [0.25, 0.3) is 17.5 Å². The number of thiazole rings is 1. The fourth-order valence-electron chi connectivity index (χ4n) is 3.21. The second-order valence-corrected chi connectivity index (χ2v) is 7.60. The summed E-state index contributed by atoms with van der Waals surface area (Å²) < 4.78 is 0. The molecule has 3 aromatic rings. The molecule has 1 aromatic heterocycles. The van der Waals surface area contributed by atoms with Gasteiger partial charge >= 0.3 is 0 Å². The molecule has 2 heterocycles. The lowest BCUT2D eigenvalue weighted by molar-refractivity contribution is -0.385. The summed E-state index contributed by atoms with van der Waals surface area (Å²) in [6.07, 6.45) is 0. The number of benzene rings is 2. The van der Waals surface area contributed by atoms with E-state index in [0.717, 1.165) is 22.3 Å². The largest absolute Gasteiger partial charge is 0.325 e. The Morgan fingerprint density at radius 1 is 1.20 bits per heavy atom. The number of anilines is 1. The summed E-state index contributed by atoms with van der Waals surface area (Å²) in [6.45, 7) is 1.34. The second-order valence-electron chi connectivity index (χ2n) is 6.53. The average molecular weight is 422 g/mol. The van der Waals surface area contributed by atoms with Crippen LogP contribution in [0, 0.1) is 17.0 Å². The highest BCUT2D eigenvalue weighted by atomic mass is 32.1. The van der Waals surface area contributed by atoms with Crippen LogP contribution in [0.15, 0.2) is 47.8 Å². The zero-order valence-electron chi connectivity index (χ0n) is 15.6. The first-order valence-corrected chi connectivity index (χ1v) is 9.69. The van der Waals surface area contributed by atoms with Gasteiger partial charge in [0.1, 0.15) is 12.1 Å². The number of nitrogens with zero attached hydrogens (tertiary/aromatic N) is 3. The molecule has 0 aliphatic carbocycles. The molecular formula is C20H14N4O5S. The predicted octanol–water partition coefficient (Wildman–Crippen LogP) is 3.26. The Morgan fingerprint density at radius 3 is 2.67 bits per heavy atom. The monoisotopic (exact) mass is 422 g/mol. The molecule has 0 spiro atoms. The summed E-state index contributed by atoms with van der Waals surface area (Å²) in [5.41, 5.74) is 1.24. The maximum absolute atomic E-state index is 12.6. The van der Waals surface area contributed by atoms with Crippen molar-refractivity contribution >= 4 is 40.4 Å². The molecule has 150 valence electrons. The third-order valence-corrected chi connectivity index (χ3v) is 5.31. The molecule has 0 saturated heterocycles. The quantitative estimate of drug-likeness (QED) is 0.382. The van der Waals surface area contributed by atoms with Gasteiger partial charge in [-0.3, -0.25) is 29.4 Å². The number of nitro benzene ring substituents is 1. The molecule has 2 aromatic carbocycles. The Labute approximate surface area is 174 Å². The number of hydrogen-bond donors (Lipinski definition) is 1. The molecule has 30 heavy (non-hydrogen) atoms. The van der Waals surface area contributed by atoms with Crippen molar-refractivity contribution in [3.8, 4) is 11.3 Å². The van der Waals surface area contributed by atoms with Crippen LogP contribution in [0.5, 0.6) is 0 Å². The molecule has 1 aliphatic heterocycles. The first-order valence-electron chi connectivity index (χ1n) is 8.81. The molecule has 0 bridgehead atoms. The van der Waals surface area contributed by atoms with Crippen molar-refractivity contribution in [2.24, 2.45) is 0 Å². The summed E-state index contributed by atoms with van der Waals surface area (Å²) in [4.78, 5) is 53.1. The second kappa shape index (κ2) is 7.48. The van der Waals surface area contributed by atoms with Crippen molar-refractivity contribution in [2.45, 2.75) is 6.92 Å². The number of aromatic nitrogens is 1. The van der Waals surface area contributed by atoms with Gasteiger partial charge in [-0.1, -0.05) is 18.2 Å². The van der Waals surface area contributed by atoms with Crippen LogP contribution in [0.25, 0.3) is 11.3 Å². The molecule has 0 fully saturated rings. The number of hydrogen-bond acceptors (Lipinski definition) is 7. The minimum Gasteiger partial charge on any atom is -0.325 e. The highest BCUT2D eigenvalue weighted by molar-refractivity contribution is 7.09. The maximum Gasteiger partial charge on any atom is 0.282 e. The zero-order valence-corrected chi connectivity index (χ0v) is 16.4. The van der Waals surface area contributed by atoms with E-state index < -0.39 is 34.9 Å². The number of nitrogens with one attached hydrogen (secondary N) is 1. The van der Waals surface area contributed by atoms with Crippen LogP contribution in [0.2, 0.25) is 0 Å². The first-order chi connectivity index (χ1) is 14.3. The van der Waals surface area contributed by atoms with Crippen LogP contribution in [0.4, 0.5) is 11.4 Å².